The minimum absolute atomic E-state index is 0.180. The minimum atomic E-state index is 0.180. The van der Waals surface area contributed by atoms with Gasteiger partial charge in [0.25, 0.3) is 5.88 Å². The minimum Gasteiger partial charge on any atom is -0.491 e. The standard InChI is InChI=1S/C8H11NO2/c1-3-11-8-7(10-2)5-4-6-9-8/h4-6H,3H2,1-2H3/i6D. The maximum Gasteiger partial charge on any atom is 0.256 e. The van der Waals surface area contributed by atoms with Gasteiger partial charge in [-0.25, -0.2) is 4.98 Å². The second-order valence-corrected chi connectivity index (χ2v) is 1.88. The zero-order chi connectivity index (χ0) is 8.97. The highest BCUT2D eigenvalue weighted by molar-refractivity contribution is 5.32. The lowest BCUT2D eigenvalue weighted by molar-refractivity contribution is 0.298. The van der Waals surface area contributed by atoms with E-state index in [0.29, 0.717) is 18.2 Å². The quantitative estimate of drug-likeness (QED) is 0.661. The van der Waals surface area contributed by atoms with Crippen LogP contribution >= 0.6 is 0 Å². The SMILES string of the molecule is [2H]c1ccc(OC)c(OCC)n1. The fourth-order valence-corrected chi connectivity index (χ4v) is 0.731. The van der Waals surface area contributed by atoms with E-state index in [9.17, 15) is 0 Å². The molecule has 0 aliphatic carbocycles. The van der Waals surface area contributed by atoms with Crippen LogP contribution in [-0.4, -0.2) is 18.7 Å². The van der Waals surface area contributed by atoms with Gasteiger partial charge in [0.2, 0.25) is 0 Å². The molecule has 0 N–H and O–H groups in total. The second-order valence-electron chi connectivity index (χ2n) is 1.88. The normalized spacial score (nSPS) is 10.5. The van der Waals surface area contributed by atoms with Crippen LogP contribution in [0.4, 0.5) is 0 Å². The Morgan fingerprint density at radius 3 is 3.18 bits per heavy atom. The average Bonchev–Trinajstić information content (AvgIpc) is 2.05. The molecule has 0 fully saturated rings. The van der Waals surface area contributed by atoms with Gasteiger partial charge in [-0.2, -0.15) is 0 Å². The number of pyridine rings is 1. The Hall–Kier alpha value is -1.25. The lowest BCUT2D eigenvalue weighted by atomic mass is 10.4. The van der Waals surface area contributed by atoms with E-state index >= 15 is 0 Å². The summed E-state index contributed by atoms with van der Waals surface area (Å²) in [6.45, 7) is 2.38. The first kappa shape index (κ1) is 6.46. The molecule has 11 heavy (non-hydrogen) atoms. The van der Waals surface area contributed by atoms with Crippen molar-refractivity contribution in [1.29, 1.82) is 0 Å². The zero-order valence-corrected chi connectivity index (χ0v) is 6.63. The van der Waals surface area contributed by atoms with Gasteiger partial charge in [-0.15, -0.1) is 0 Å². The molecule has 60 valence electrons. The summed E-state index contributed by atoms with van der Waals surface area (Å²) in [6, 6.07) is 3.22. The molecule has 0 aliphatic rings. The van der Waals surface area contributed by atoms with Crippen LogP contribution in [0.15, 0.2) is 18.3 Å². The summed E-state index contributed by atoms with van der Waals surface area (Å²) < 4.78 is 17.4. The average molecular weight is 154 g/mol. The number of aromatic nitrogens is 1. The highest BCUT2D eigenvalue weighted by Gasteiger charge is 2.01. The highest BCUT2D eigenvalue weighted by atomic mass is 16.5. The summed E-state index contributed by atoms with van der Waals surface area (Å²) >= 11 is 0. The fraction of sp³-hybridized carbons (Fsp3) is 0.375. The summed E-state index contributed by atoms with van der Waals surface area (Å²) in [5.74, 6) is 0.945. The molecule has 1 aromatic heterocycles. The van der Waals surface area contributed by atoms with Crippen molar-refractivity contribution in [2.45, 2.75) is 6.92 Å². The van der Waals surface area contributed by atoms with Crippen LogP contribution < -0.4 is 9.47 Å². The van der Waals surface area contributed by atoms with Gasteiger partial charge in [0, 0.05) is 6.17 Å². The van der Waals surface area contributed by atoms with E-state index in [-0.39, 0.29) is 6.17 Å². The van der Waals surface area contributed by atoms with Gasteiger partial charge in [0.15, 0.2) is 5.75 Å². The van der Waals surface area contributed by atoms with E-state index in [1.807, 2.05) is 6.92 Å². The summed E-state index contributed by atoms with van der Waals surface area (Å²) in [5, 5.41) is 0. The monoisotopic (exact) mass is 154 g/mol. The predicted octanol–water partition coefficient (Wildman–Crippen LogP) is 1.49. The first-order valence-corrected chi connectivity index (χ1v) is 3.42. The molecule has 0 saturated heterocycles. The Kier molecular flexibility index (Phi) is 2.24. The molecule has 0 amide bonds. The Morgan fingerprint density at radius 1 is 1.73 bits per heavy atom. The molecule has 0 atom stereocenters. The molecule has 3 heteroatoms. The zero-order valence-electron chi connectivity index (χ0n) is 7.63. The van der Waals surface area contributed by atoms with E-state index in [4.69, 9.17) is 10.8 Å². The third-order valence-electron chi connectivity index (χ3n) is 1.19. The third-order valence-corrected chi connectivity index (χ3v) is 1.19. The maximum absolute atomic E-state index is 7.24. The summed E-state index contributed by atoms with van der Waals surface area (Å²) in [5.41, 5.74) is 0. The van der Waals surface area contributed by atoms with Crippen LogP contribution in [0.3, 0.4) is 0 Å². The molecular formula is C8H11NO2. The summed E-state index contributed by atoms with van der Waals surface area (Å²) in [7, 11) is 1.54. The molecule has 1 heterocycles. The third kappa shape index (κ3) is 1.83. The highest BCUT2D eigenvalue weighted by Crippen LogP contribution is 2.21. The second kappa shape index (κ2) is 3.81. The number of methoxy groups -OCH3 is 1. The van der Waals surface area contributed by atoms with Crippen molar-refractivity contribution < 1.29 is 10.8 Å². The Balaban J connectivity index is 2.95. The fourth-order valence-electron chi connectivity index (χ4n) is 0.731. The molecule has 0 saturated carbocycles. The molecule has 0 bridgehead atoms. The number of hydrogen-bond donors (Lipinski definition) is 0. The van der Waals surface area contributed by atoms with E-state index in [2.05, 4.69) is 4.98 Å². The maximum atomic E-state index is 7.24. The predicted molar refractivity (Wildman–Crippen MR) is 42.0 cm³/mol. The molecule has 0 unspecified atom stereocenters. The van der Waals surface area contributed by atoms with Crippen LogP contribution in [0, 0.1) is 0 Å². The van der Waals surface area contributed by atoms with Crippen molar-refractivity contribution in [2.75, 3.05) is 13.7 Å². The molecular weight excluding hydrogens is 142 g/mol. The van der Waals surface area contributed by atoms with E-state index in [0.717, 1.165) is 0 Å². The van der Waals surface area contributed by atoms with Gasteiger partial charge in [-0.3, -0.25) is 0 Å². The van der Waals surface area contributed by atoms with Crippen molar-refractivity contribution in [1.82, 2.24) is 4.98 Å². The topological polar surface area (TPSA) is 31.4 Å². The Labute approximate surface area is 67.4 Å². The largest absolute Gasteiger partial charge is 0.491 e. The Bertz CT molecular complexity index is 265. The van der Waals surface area contributed by atoms with Gasteiger partial charge < -0.3 is 9.47 Å². The van der Waals surface area contributed by atoms with E-state index in [1.165, 1.54) is 0 Å². The van der Waals surface area contributed by atoms with Crippen LogP contribution in [0.2, 0.25) is 0 Å². The lowest BCUT2D eigenvalue weighted by Gasteiger charge is -2.05. The van der Waals surface area contributed by atoms with Gasteiger partial charge in [-0.05, 0) is 19.1 Å². The van der Waals surface area contributed by atoms with Crippen molar-refractivity contribution >= 4 is 0 Å². The van der Waals surface area contributed by atoms with Crippen LogP contribution in [0.25, 0.3) is 0 Å². The van der Waals surface area contributed by atoms with Gasteiger partial charge >= 0.3 is 0 Å². The van der Waals surface area contributed by atoms with Crippen molar-refractivity contribution in [3.63, 3.8) is 0 Å². The molecule has 0 aromatic carbocycles. The van der Waals surface area contributed by atoms with Crippen molar-refractivity contribution in [2.24, 2.45) is 0 Å². The van der Waals surface area contributed by atoms with Crippen LogP contribution in [0.5, 0.6) is 11.6 Å². The number of nitrogens with zero attached hydrogens (tertiary/aromatic N) is 1. The Morgan fingerprint density at radius 2 is 2.55 bits per heavy atom. The van der Waals surface area contributed by atoms with Crippen LogP contribution in [-0.2, 0) is 0 Å². The van der Waals surface area contributed by atoms with Gasteiger partial charge in [0.05, 0.1) is 15.1 Å². The number of ether oxygens (including phenoxy) is 2. The summed E-state index contributed by atoms with van der Waals surface area (Å²) in [4.78, 5) is 3.85. The number of hydrogen-bond acceptors (Lipinski definition) is 3. The summed E-state index contributed by atoms with van der Waals surface area (Å²) in [6.07, 6.45) is 0.180. The molecule has 1 aromatic rings. The molecule has 0 spiro atoms. The first-order valence-electron chi connectivity index (χ1n) is 3.92. The first-order chi connectivity index (χ1) is 5.77. The van der Waals surface area contributed by atoms with E-state index < -0.39 is 0 Å². The number of rotatable bonds is 3. The van der Waals surface area contributed by atoms with E-state index in [1.54, 1.807) is 19.2 Å². The van der Waals surface area contributed by atoms with Crippen LogP contribution in [0.1, 0.15) is 8.29 Å². The molecule has 0 aliphatic heterocycles. The molecule has 3 nitrogen and oxygen atoms in total. The smallest absolute Gasteiger partial charge is 0.256 e. The van der Waals surface area contributed by atoms with Gasteiger partial charge in [-0.1, -0.05) is 0 Å². The van der Waals surface area contributed by atoms with Crippen molar-refractivity contribution in [3.8, 4) is 11.6 Å². The lowest BCUT2D eigenvalue weighted by Crippen LogP contribution is -1.96. The van der Waals surface area contributed by atoms with Crippen molar-refractivity contribution in [3.05, 3.63) is 18.3 Å². The molecule has 0 radical (unpaired) electrons. The molecule has 1 rings (SSSR count). The van der Waals surface area contributed by atoms with Gasteiger partial charge in [0.1, 0.15) is 0 Å².